The standard InChI is InChI=1S/C14H29N3O3/c1-12(2)13(17-5-8-20-9-6-17)10-16-14(18)11-15-4-7-19-3/h12-13,15H,4-11H2,1-3H3,(H,16,18). The van der Waals surface area contributed by atoms with Crippen LogP contribution < -0.4 is 10.6 Å². The van der Waals surface area contributed by atoms with E-state index < -0.39 is 0 Å². The molecule has 1 unspecified atom stereocenters. The first-order valence-electron chi connectivity index (χ1n) is 7.43. The van der Waals surface area contributed by atoms with Crippen molar-refractivity contribution in [1.82, 2.24) is 15.5 Å². The molecule has 0 radical (unpaired) electrons. The topological polar surface area (TPSA) is 62.8 Å². The van der Waals surface area contributed by atoms with Gasteiger partial charge in [-0.25, -0.2) is 0 Å². The molecule has 0 aromatic carbocycles. The van der Waals surface area contributed by atoms with Crippen molar-refractivity contribution in [3.63, 3.8) is 0 Å². The Morgan fingerprint density at radius 2 is 2.05 bits per heavy atom. The lowest BCUT2D eigenvalue weighted by Crippen LogP contribution is -2.51. The molecule has 0 aromatic heterocycles. The third-order valence-electron chi connectivity index (χ3n) is 3.56. The number of hydrogen-bond acceptors (Lipinski definition) is 5. The van der Waals surface area contributed by atoms with Gasteiger partial charge >= 0.3 is 0 Å². The van der Waals surface area contributed by atoms with Gasteiger partial charge in [0.05, 0.1) is 26.4 Å². The number of nitrogens with zero attached hydrogens (tertiary/aromatic N) is 1. The second-order valence-electron chi connectivity index (χ2n) is 5.43. The number of morpholine rings is 1. The van der Waals surface area contributed by atoms with E-state index in [0.29, 0.717) is 38.2 Å². The average Bonchev–Trinajstić information content (AvgIpc) is 2.44. The van der Waals surface area contributed by atoms with E-state index in [9.17, 15) is 4.79 Å². The zero-order valence-corrected chi connectivity index (χ0v) is 13.0. The average molecular weight is 287 g/mol. The molecule has 0 aromatic rings. The summed E-state index contributed by atoms with van der Waals surface area (Å²) < 4.78 is 10.3. The first kappa shape index (κ1) is 17.4. The van der Waals surface area contributed by atoms with Gasteiger partial charge in [0.1, 0.15) is 0 Å². The van der Waals surface area contributed by atoms with Crippen molar-refractivity contribution in [3.8, 4) is 0 Å². The first-order valence-corrected chi connectivity index (χ1v) is 7.43. The minimum Gasteiger partial charge on any atom is -0.383 e. The summed E-state index contributed by atoms with van der Waals surface area (Å²) in [5, 5.41) is 6.06. The van der Waals surface area contributed by atoms with Crippen LogP contribution in [0.3, 0.4) is 0 Å². The highest BCUT2D eigenvalue weighted by molar-refractivity contribution is 5.78. The van der Waals surface area contributed by atoms with Gasteiger partial charge in [0.2, 0.25) is 5.91 Å². The van der Waals surface area contributed by atoms with Crippen molar-refractivity contribution in [2.24, 2.45) is 5.92 Å². The molecule has 2 N–H and O–H groups in total. The Labute approximate surface area is 122 Å². The monoisotopic (exact) mass is 287 g/mol. The van der Waals surface area contributed by atoms with Crippen LogP contribution in [0, 0.1) is 5.92 Å². The maximum absolute atomic E-state index is 11.8. The van der Waals surface area contributed by atoms with E-state index in [1.165, 1.54) is 0 Å². The molecule has 0 bridgehead atoms. The third kappa shape index (κ3) is 6.65. The van der Waals surface area contributed by atoms with Crippen LogP contribution in [-0.2, 0) is 14.3 Å². The molecule has 1 fully saturated rings. The lowest BCUT2D eigenvalue weighted by molar-refractivity contribution is -0.120. The van der Waals surface area contributed by atoms with Crippen LogP contribution in [0.5, 0.6) is 0 Å². The molecule has 0 aliphatic carbocycles. The van der Waals surface area contributed by atoms with Gasteiger partial charge in [-0.2, -0.15) is 0 Å². The molecule has 0 saturated carbocycles. The van der Waals surface area contributed by atoms with Crippen LogP contribution in [0.15, 0.2) is 0 Å². The molecule has 1 saturated heterocycles. The van der Waals surface area contributed by atoms with Gasteiger partial charge in [-0.15, -0.1) is 0 Å². The fourth-order valence-electron chi connectivity index (χ4n) is 2.35. The van der Waals surface area contributed by atoms with E-state index in [4.69, 9.17) is 9.47 Å². The molecule has 1 atom stereocenters. The predicted octanol–water partition coefficient (Wildman–Crippen LogP) is -0.305. The number of rotatable bonds is 9. The van der Waals surface area contributed by atoms with E-state index in [2.05, 4.69) is 29.4 Å². The fraction of sp³-hybridized carbons (Fsp3) is 0.929. The highest BCUT2D eigenvalue weighted by atomic mass is 16.5. The van der Waals surface area contributed by atoms with Crippen molar-refractivity contribution in [1.29, 1.82) is 0 Å². The largest absolute Gasteiger partial charge is 0.383 e. The Bertz CT molecular complexity index is 268. The Balaban J connectivity index is 2.25. The van der Waals surface area contributed by atoms with Crippen LogP contribution in [0.25, 0.3) is 0 Å². The number of carbonyl (C=O) groups excluding carboxylic acids is 1. The van der Waals surface area contributed by atoms with Crippen molar-refractivity contribution in [3.05, 3.63) is 0 Å². The van der Waals surface area contributed by atoms with E-state index in [1.807, 2.05) is 0 Å². The molecule has 0 spiro atoms. The third-order valence-corrected chi connectivity index (χ3v) is 3.56. The summed E-state index contributed by atoms with van der Waals surface area (Å²) in [6.07, 6.45) is 0. The van der Waals surface area contributed by atoms with Crippen LogP contribution >= 0.6 is 0 Å². The van der Waals surface area contributed by atoms with Gasteiger partial charge in [0, 0.05) is 39.3 Å². The smallest absolute Gasteiger partial charge is 0.234 e. The van der Waals surface area contributed by atoms with Crippen LogP contribution in [0.2, 0.25) is 0 Å². The lowest BCUT2D eigenvalue weighted by atomic mass is 10.0. The molecule has 1 aliphatic heterocycles. The second-order valence-corrected chi connectivity index (χ2v) is 5.43. The Hall–Kier alpha value is -0.690. The van der Waals surface area contributed by atoms with Crippen molar-refractivity contribution in [2.75, 3.05) is 59.7 Å². The van der Waals surface area contributed by atoms with E-state index >= 15 is 0 Å². The number of hydrogen-bond donors (Lipinski definition) is 2. The van der Waals surface area contributed by atoms with E-state index in [1.54, 1.807) is 7.11 Å². The molecule has 1 heterocycles. The van der Waals surface area contributed by atoms with Crippen LogP contribution in [-0.4, -0.2) is 76.5 Å². The van der Waals surface area contributed by atoms with Crippen molar-refractivity contribution >= 4 is 5.91 Å². The number of amides is 1. The second kappa shape index (κ2) is 10.1. The first-order chi connectivity index (χ1) is 9.65. The number of nitrogens with one attached hydrogen (secondary N) is 2. The lowest BCUT2D eigenvalue weighted by Gasteiger charge is -2.36. The van der Waals surface area contributed by atoms with Gasteiger partial charge in [0.25, 0.3) is 0 Å². The van der Waals surface area contributed by atoms with E-state index in [-0.39, 0.29) is 5.91 Å². The molecular formula is C14H29N3O3. The number of ether oxygens (including phenoxy) is 2. The molecule has 118 valence electrons. The minimum atomic E-state index is 0.0417. The minimum absolute atomic E-state index is 0.0417. The molecule has 1 amide bonds. The Morgan fingerprint density at radius 3 is 2.65 bits per heavy atom. The van der Waals surface area contributed by atoms with Crippen molar-refractivity contribution < 1.29 is 14.3 Å². The molecule has 1 rings (SSSR count). The summed E-state index contributed by atoms with van der Waals surface area (Å²) in [6.45, 7) is 10.2. The SMILES string of the molecule is COCCNCC(=O)NCC(C(C)C)N1CCOCC1. The molecule has 1 aliphatic rings. The Morgan fingerprint density at radius 1 is 1.35 bits per heavy atom. The number of carbonyl (C=O) groups is 1. The van der Waals surface area contributed by atoms with Crippen molar-refractivity contribution in [2.45, 2.75) is 19.9 Å². The molecule has 6 heteroatoms. The fourth-order valence-corrected chi connectivity index (χ4v) is 2.35. The molecular weight excluding hydrogens is 258 g/mol. The van der Waals surface area contributed by atoms with Crippen LogP contribution in [0.1, 0.15) is 13.8 Å². The van der Waals surface area contributed by atoms with Gasteiger partial charge in [-0.3, -0.25) is 9.69 Å². The quantitative estimate of drug-likeness (QED) is 0.570. The summed E-state index contributed by atoms with van der Waals surface area (Å²) in [6, 6.07) is 0.377. The number of methoxy groups -OCH3 is 1. The normalized spacial score (nSPS) is 18.2. The highest BCUT2D eigenvalue weighted by Crippen LogP contribution is 2.12. The zero-order chi connectivity index (χ0) is 14.8. The van der Waals surface area contributed by atoms with E-state index in [0.717, 1.165) is 26.3 Å². The summed E-state index contributed by atoms with van der Waals surface area (Å²) in [7, 11) is 1.65. The van der Waals surface area contributed by atoms with Gasteiger partial charge in [-0.1, -0.05) is 13.8 Å². The van der Waals surface area contributed by atoms with Gasteiger partial charge < -0.3 is 20.1 Å². The van der Waals surface area contributed by atoms with Gasteiger partial charge in [-0.05, 0) is 5.92 Å². The summed E-state index contributed by atoms with van der Waals surface area (Å²) >= 11 is 0. The highest BCUT2D eigenvalue weighted by Gasteiger charge is 2.23. The maximum atomic E-state index is 11.8. The molecule has 6 nitrogen and oxygen atoms in total. The predicted molar refractivity (Wildman–Crippen MR) is 78.8 cm³/mol. The maximum Gasteiger partial charge on any atom is 0.234 e. The zero-order valence-electron chi connectivity index (χ0n) is 13.0. The van der Waals surface area contributed by atoms with Gasteiger partial charge in [0.15, 0.2) is 0 Å². The summed E-state index contributed by atoms with van der Waals surface area (Å²) in [5.74, 6) is 0.551. The molecule has 20 heavy (non-hydrogen) atoms. The van der Waals surface area contributed by atoms with Crippen LogP contribution in [0.4, 0.5) is 0 Å². The summed E-state index contributed by atoms with van der Waals surface area (Å²) in [4.78, 5) is 14.2. The summed E-state index contributed by atoms with van der Waals surface area (Å²) in [5.41, 5.74) is 0. The Kier molecular flexibility index (Phi) is 8.77.